The van der Waals surface area contributed by atoms with Gasteiger partial charge in [0, 0.05) is 25.1 Å². The van der Waals surface area contributed by atoms with Crippen LogP contribution in [-0.2, 0) is 4.74 Å². The van der Waals surface area contributed by atoms with Gasteiger partial charge in [-0.1, -0.05) is 0 Å². The highest BCUT2D eigenvalue weighted by molar-refractivity contribution is 9.10. The second kappa shape index (κ2) is 5.05. The largest absolute Gasteiger partial charge is 0.489 e. The lowest BCUT2D eigenvalue weighted by molar-refractivity contribution is 0.186. The molecule has 18 heavy (non-hydrogen) atoms. The van der Waals surface area contributed by atoms with Crippen LogP contribution in [0, 0.1) is 11.7 Å². The fourth-order valence-electron chi connectivity index (χ4n) is 2.50. The Morgan fingerprint density at radius 3 is 3.06 bits per heavy atom. The molecule has 0 N–H and O–H groups in total. The number of ether oxygens (including phenoxy) is 2. The van der Waals surface area contributed by atoms with E-state index in [0.29, 0.717) is 22.7 Å². The first kappa shape index (κ1) is 12.2. The van der Waals surface area contributed by atoms with E-state index in [2.05, 4.69) is 20.8 Å². The zero-order valence-electron chi connectivity index (χ0n) is 9.99. The maximum atomic E-state index is 13.5. The Kier molecular flexibility index (Phi) is 3.43. The van der Waals surface area contributed by atoms with Crippen LogP contribution in [0.4, 0.5) is 10.1 Å². The molecule has 1 fully saturated rings. The van der Waals surface area contributed by atoms with E-state index in [1.807, 2.05) is 0 Å². The Bertz CT molecular complexity index is 449. The van der Waals surface area contributed by atoms with Crippen LogP contribution in [0.25, 0.3) is 0 Å². The molecular formula is C13H15BrFNO2. The van der Waals surface area contributed by atoms with Crippen molar-refractivity contribution in [2.24, 2.45) is 5.92 Å². The Morgan fingerprint density at radius 1 is 1.39 bits per heavy atom. The van der Waals surface area contributed by atoms with Crippen molar-refractivity contribution in [2.45, 2.75) is 6.42 Å². The van der Waals surface area contributed by atoms with Gasteiger partial charge in [-0.05, 0) is 28.4 Å². The fraction of sp³-hybridized carbons (Fsp3) is 0.538. The molecule has 5 heteroatoms. The lowest BCUT2D eigenvalue weighted by atomic mass is 10.1. The van der Waals surface area contributed by atoms with Gasteiger partial charge in [-0.25, -0.2) is 4.39 Å². The van der Waals surface area contributed by atoms with Crippen LogP contribution >= 0.6 is 15.9 Å². The first-order valence-electron chi connectivity index (χ1n) is 6.18. The van der Waals surface area contributed by atoms with Crippen LogP contribution in [0.15, 0.2) is 16.6 Å². The van der Waals surface area contributed by atoms with Gasteiger partial charge in [-0.2, -0.15) is 0 Å². The Morgan fingerprint density at radius 2 is 2.28 bits per heavy atom. The van der Waals surface area contributed by atoms with Crippen LogP contribution < -0.4 is 9.64 Å². The smallest absolute Gasteiger partial charge is 0.145 e. The van der Waals surface area contributed by atoms with Crippen molar-refractivity contribution in [2.75, 3.05) is 37.8 Å². The second-order valence-corrected chi connectivity index (χ2v) is 5.61. The first-order valence-corrected chi connectivity index (χ1v) is 6.98. The van der Waals surface area contributed by atoms with E-state index < -0.39 is 0 Å². The monoisotopic (exact) mass is 315 g/mol. The van der Waals surface area contributed by atoms with Gasteiger partial charge >= 0.3 is 0 Å². The number of benzene rings is 1. The van der Waals surface area contributed by atoms with Crippen molar-refractivity contribution in [3.05, 3.63) is 22.4 Å². The van der Waals surface area contributed by atoms with E-state index in [-0.39, 0.29) is 5.82 Å². The molecule has 2 aliphatic heterocycles. The lowest BCUT2D eigenvalue weighted by Gasteiger charge is -2.33. The highest BCUT2D eigenvalue weighted by atomic mass is 79.9. The third-order valence-corrected chi connectivity index (χ3v) is 4.07. The maximum Gasteiger partial charge on any atom is 0.145 e. The van der Waals surface area contributed by atoms with Gasteiger partial charge in [0.1, 0.15) is 18.2 Å². The lowest BCUT2D eigenvalue weighted by Crippen LogP contribution is -2.36. The van der Waals surface area contributed by atoms with E-state index in [1.54, 1.807) is 6.07 Å². The van der Waals surface area contributed by atoms with Crippen LogP contribution in [0.2, 0.25) is 0 Å². The predicted molar refractivity (Wildman–Crippen MR) is 70.7 cm³/mol. The summed E-state index contributed by atoms with van der Waals surface area (Å²) in [4.78, 5) is 2.27. The first-order chi connectivity index (χ1) is 8.74. The summed E-state index contributed by atoms with van der Waals surface area (Å²) in [7, 11) is 0. The molecular weight excluding hydrogens is 301 g/mol. The second-order valence-electron chi connectivity index (χ2n) is 4.76. The third-order valence-electron chi connectivity index (χ3n) is 3.46. The molecule has 3 nitrogen and oxygen atoms in total. The highest BCUT2D eigenvalue weighted by Gasteiger charge is 2.24. The van der Waals surface area contributed by atoms with Crippen LogP contribution in [0.5, 0.6) is 5.75 Å². The molecule has 0 saturated carbocycles. The summed E-state index contributed by atoms with van der Waals surface area (Å²) in [6, 6.07) is 3.26. The number of anilines is 1. The Balaban J connectivity index is 1.84. The van der Waals surface area contributed by atoms with Gasteiger partial charge < -0.3 is 14.4 Å². The maximum absolute atomic E-state index is 13.5. The van der Waals surface area contributed by atoms with Gasteiger partial charge in [0.05, 0.1) is 23.3 Å². The van der Waals surface area contributed by atoms with Gasteiger partial charge in [-0.15, -0.1) is 0 Å². The summed E-state index contributed by atoms with van der Waals surface area (Å²) < 4.78 is 24.9. The molecule has 1 saturated heterocycles. The van der Waals surface area contributed by atoms with Crippen molar-refractivity contribution < 1.29 is 13.9 Å². The zero-order chi connectivity index (χ0) is 12.5. The molecule has 0 radical (unpaired) electrons. The summed E-state index contributed by atoms with van der Waals surface area (Å²) in [6.45, 7) is 4.10. The SMILES string of the molecule is Fc1cc2c(cc1Br)N(CC1CCOC1)CCO2. The molecule has 1 aromatic rings. The summed E-state index contributed by atoms with van der Waals surface area (Å²) in [5.74, 6) is 0.931. The molecule has 1 aromatic carbocycles. The van der Waals surface area contributed by atoms with Crippen molar-refractivity contribution in [3.8, 4) is 5.75 Å². The summed E-state index contributed by atoms with van der Waals surface area (Å²) >= 11 is 3.23. The van der Waals surface area contributed by atoms with Crippen LogP contribution in [-0.4, -0.2) is 32.9 Å². The molecule has 0 spiro atoms. The van der Waals surface area contributed by atoms with Gasteiger partial charge in [0.2, 0.25) is 0 Å². The quantitative estimate of drug-likeness (QED) is 0.837. The van der Waals surface area contributed by atoms with Crippen molar-refractivity contribution >= 4 is 21.6 Å². The van der Waals surface area contributed by atoms with Crippen molar-refractivity contribution in [3.63, 3.8) is 0 Å². The van der Waals surface area contributed by atoms with E-state index in [0.717, 1.165) is 38.4 Å². The van der Waals surface area contributed by atoms with E-state index >= 15 is 0 Å². The van der Waals surface area contributed by atoms with Gasteiger partial charge in [-0.3, -0.25) is 0 Å². The predicted octanol–water partition coefficient (Wildman–Crippen LogP) is 2.82. The number of fused-ring (bicyclic) bond motifs is 1. The minimum absolute atomic E-state index is 0.278. The number of halogens is 2. The van der Waals surface area contributed by atoms with E-state index in [9.17, 15) is 4.39 Å². The molecule has 3 rings (SSSR count). The average molecular weight is 316 g/mol. The van der Waals surface area contributed by atoms with Gasteiger partial charge in [0.25, 0.3) is 0 Å². The number of hydrogen-bond donors (Lipinski definition) is 0. The molecule has 1 unspecified atom stereocenters. The molecule has 0 aromatic heterocycles. The minimum Gasteiger partial charge on any atom is -0.489 e. The standard InChI is InChI=1S/C13H15BrFNO2/c14-10-5-12-13(6-11(10)15)18-4-2-16(12)7-9-1-3-17-8-9/h5-6,9H,1-4,7-8H2. The number of nitrogens with zero attached hydrogens (tertiary/aromatic N) is 1. The Hall–Kier alpha value is -0.810. The highest BCUT2D eigenvalue weighted by Crippen LogP contribution is 2.36. The summed E-state index contributed by atoms with van der Waals surface area (Å²) in [5, 5.41) is 0. The van der Waals surface area contributed by atoms with Crippen LogP contribution in [0.3, 0.4) is 0 Å². The number of rotatable bonds is 2. The zero-order valence-corrected chi connectivity index (χ0v) is 11.6. The average Bonchev–Trinajstić information content (AvgIpc) is 2.84. The third kappa shape index (κ3) is 2.34. The molecule has 2 aliphatic rings. The minimum atomic E-state index is -0.278. The fourth-order valence-corrected chi connectivity index (χ4v) is 2.83. The molecule has 2 heterocycles. The van der Waals surface area contributed by atoms with E-state index in [4.69, 9.17) is 9.47 Å². The molecule has 0 bridgehead atoms. The van der Waals surface area contributed by atoms with Crippen molar-refractivity contribution in [1.29, 1.82) is 0 Å². The number of hydrogen-bond acceptors (Lipinski definition) is 3. The molecule has 0 aliphatic carbocycles. The molecule has 1 atom stereocenters. The molecule has 98 valence electrons. The van der Waals surface area contributed by atoms with Crippen LogP contribution in [0.1, 0.15) is 6.42 Å². The van der Waals surface area contributed by atoms with Crippen molar-refractivity contribution in [1.82, 2.24) is 0 Å². The van der Waals surface area contributed by atoms with E-state index in [1.165, 1.54) is 6.07 Å². The summed E-state index contributed by atoms with van der Waals surface area (Å²) in [6.07, 6.45) is 1.11. The normalized spacial score (nSPS) is 22.8. The Labute approximate surface area is 114 Å². The molecule has 0 amide bonds. The summed E-state index contributed by atoms with van der Waals surface area (Å²) in [5.41, 5.74) is 0.974. The topological polar surface area (TPSA) is 21.7 Å². The van der Waals surface area contributed by atoms with Gasteiger partial charge in [0.15, 0.2) is 0 Å².